The van der Waals surface area contributed by atoms with E-state index in [-0.39, 0.29) is 16.8 Å². The van der Waals surface area contributed by atoms with Crippen LogP contribution in [0.5, 0.6) is 0 Å². The Bertz CT molecular complexity index is 982. The van der Waals surface area contributed by atoms with Gasteiger partial charge in [0.1, 0.15) is 0 Å². The molecule has 6 nitrogen and oxygen atoms in total. The fourth-order valence-electron chi connectivity index (χ4n) is 3.92. The summed E-state index contributed by atoms with van der Waals surface area (Å²) in [4.78, 5) is 15.1. The average Bonchev–Trinajstić information content (AvgIpc) is 3.11. The predicted octanol–water partition coefficient (Wildman–Crippen LogP) is 2.04. The minimum absolute atomic E-state index is 0.0263. The summed E-state index contributed by atoms with van der Waals surface area (Å²) in [6.45, 7) is 2.35. The van der Waals surface area contributed by atoms with Crippen molar-refractivity contribution < 1.29 is 13.2 Å². The second-order valence-corrected chi connectivity index (χ2v) is 9.44. The van der Waals surface area contributed by atoms with E-state index in [9.17, 15) is 13.2 Å². The molecule has 28 heavy (non-hydrogen) atoms. The Morgan fingerprint density at radius 1 is 1.04 bits per heavy atom. The molecule has 2 aromatic rings. The minimum atomic E-state index is -3.59. The highest BCUT2D eigenvalue weighted by Crippen LogP contribution is 2.31. The van der Waals surface area contributed by atoms with Crippen LogP contribution in [-0.4, -0.2) is 56.8 Å². The molecule has 1 amide bonds. The number of amides is 1. The Labute approximate surface area is 166 Å². The molecule has 0 aromatic heterocycles. The predicted molar refractivity (Wildman–Crippen MR) is 108 cm³/mol. The molecular weight excluding hydrogens is 374 g/mol. The zero-order valence-corrected chi connectivity index (χ0v) is 16.8. The number of piperazine rings is 1. The van der Waals surface area contributed by atoms with E-state index in [0.29, 0.717) is 31.7 Å². The molecule has 2 aromatic carbocycles. The second-order valence-electron chi connectivity index (χ2n) is 7.50. The molecule has 0 bridgehead atoms. The molecule has 2 aliphatic rings. The van der Waals surface area contributed by atoms with Gasteiger partial charge in [0.2, 0.25) is 10.0 Å². The largest absolute Gasteiger partial charge is 0.345 e. The highest BCUT2D eigenvalue weighted by molar-refractivity contribution is 7.89. The number of sulfonamides is 1. The first-order valence-electron chi connectivity index (χ1n) is 9.62. The van der Waals surface area contributed by atoms with Gasteiger partial charge in [0.25, 0.3) is 5.91 Å². The quantitative estimate of drug-likeness (QED) is 0.854. The molecule has 1 unspecified atom stereocenters. The summed E-state index contributed by atoms with van der Waals surface area (Å²) in [5.41, 5.74) is 2.79. The highest BCUT2D eigenvalue weighted by Gasteiger charge is 2.28. The summed E-state index contributed by atoms with van der Waals surface area (Å²) >= 11 is 0. The summed E-state index contributed by atoms with van der Waals surface area (Å²) in [6.07, 6.45) is 1.81. The molecule has 0 saturated carbocycles. The molecule has 1 saturated heterocycles. The fraction of sp³-hybridized carbons (Fsp3) is 0.381. The van der Waals surface area contributed by atoms with E-state index in [0.717, 1.165) is 18.4 Å². The number of hydrogen-bond donors (Lipinski definition) is 1. The molecule has 1 N–H and O–H groups in total. The van der Waals surface area contributed by atoms with Gasteiger partial charge in [0.05, 0.1) is 10.9 Å². The number of rotatable bonds is 4. The van der Waals surface area contributed by atoms with Crippen LogP contribution < -0.4 is 5.32 Å². The summed E-state index contributed by atoms with van der Waals surface area (Å²) in [6, 6.07) is 14.5. The zero-order chi connectivity index (χ0) is 19.7. The smallest absolute Gasteiger partial charge is 0.251 e. The Balaban J connectivity index is 1.51. The van der Waals surface area contributed by atoms with Gasteiger partial charge >= 0.3 is 0 Å². The molecule has 0 radical (unpaired) electrons. The van der Waals surface area contributed by atoms with Crippen molar-refractivity contribution in [1.29, 1.82) is 0 Å². The third-order valence-electron chi connectivity index (χ3n) is 5.63. The second kappa shape index (κ2) is 7.66. The minimum Gasteiger partial charge on any atom is -0.345 e. The van der Waals surface area contributed by atoms with Crippen LogP contribution in [0.15, 0.2) is 53.4 Å². The van der Waals surface area contributed by atoms with Gasteiger partial charge in [-0.15, -0.1) is 0 Å². The molecule has 0 spiro atoms. The van der Waals surface area contributed by atoms with Crippen molar-refractivity contribution in [3.05, 3.63) is 65.2 Å². The van der Waals surface area contributed by atoms with E-state index in [1.807, 2.05) is 25.2 Å². The Hall–Kier alpha value is -2.22. The maximum absolute atomic E-state index is 13.0. The lowest BCUT2D eigenvalue weighted by Gasteiger charge is -2.31. The third-order valence-corrected chi connectivity index (χ3v) is 7.53. The Kier molecular flexibility index (Phi) is 5.23. The van der Waals surface area contributed by atoms with Crippen molar-refractivity contribution in [3.63, 3.8) is 0 Å². The van der Waals surface area contributed by atoms with Gasteiger partial charge in [-0.1, -0.05) is 30.3 Å². The maximum atomic E-state index is 13.0. The number of nitrogens with one attached hydrogen (secondary N) is 1. The van der Waals surface area contributed by atoms with Crippen LogP contribution in [0.1, 0.15) is 33.9 Å². The number of likely N-dealkylation sites (N-methyl/N-ethyl adjacent to an activating group) is 1. The summed E-state index contributed by atoms with van der Waals surface area (Å²) in [7, 11) is -1.61. The molecular formula is C21H25N3O3S. The monoisotopic (exact) mass is 399 g/mol. The summed E-state index contributed by atoms with van der Waals surface area (Å²) in [5.74, 6) is -0.239. The SMILES string of the molecule is CN1CCN(S(=O)(=O)c2cccc(C(=O)NC3CCc4ccccc43)c2)CC1. The topological polar surface area (TPSA) is 69.7 Å². The first-order valence-corrected chi connectivity index (χ1v) is 11.1. The molecule has 1 heterocycles. The van der Waals surface area contributed by atoms with Gasteiger partial charge in [-0.05, 0) is 49.2 Å². The first-order chi connectivity index (χ1) is 13.4. The van der Waals surface area contributed by atoms with Crippen LogP contribution >= 0.6 is 0 Å². The van der Waals surface area contributed by atoms with Gasteiger partial charge < -0.3 is 10.2 Å². The van der Waals surface area contributed by atoms with Crippen LogP contribution in [0.3, 0.4) is 0 Å². The van der Waals surface area contributed by atoms with Crippen LogP contribution in [0.25, 0.3) is 0 Å². The lowest BCUT2D eigenvalue weighted by atomic mass is 10.1. The average molecular weight is 400 g/mol. The van der Waals surface area contributed by atoms with E-state index in [2.05, 4.69) is 16.3 Å². The van der Waals surface area contributed by atoms with Crippen molar-refractivity contribution in [2.45, 2.75) is 23.8 Å². The number of fused-ring (bicyclic) bond motifs is 1. The van der Waals surface area contributed by atoms with E-state index < -0.39 is 10.0 Å². The summed E-state index contributed by atoms with van der Waals surface area (Å²) in [5, 5.41) is 3.06. The Morgan fingerprint density at radius 2 is 1.79 bits per heavy atom. The lowest BCUT2D eigenvalue weighted by molar-refractivity contribution is 0.0936. The van der Waals surface area contributed by atoms with Crippen LogP contribution in [-0.2, 0) is 16.4 Å². The molecule has 1 aliphatic heterocycles. The fourth-order valence-corrected chi connectivity index (χ4v) is 5.39. The van der Waals surface area contributed by atoms with Crippen molar-refractivity contribution in [1.82, 2.24) is 14.5 Å². The number of nitrogens with zero attached hydrogens (tertiary/aromatic N) is 2. The van der Waals surface area contributed by atoms with Crippen LogP contribution in [0, 0.1) is 0 Å². The van der Waals surface area contributed by atoms with E-state index >= 15 is 0 Å². The standard InChI is InChI=1S/C21H25N3O3S/c1-23-11-13-24(14-12-23)28(26,27)18-7-4-6-17(15-18)21(25)22-20-10-9-16-5-2-3-8-19(16)20/h2-8,15,20H,9-14H2,1H3,(H,22,25). The van der Waals surface area contributed by atoms with Gasteiger partial charge in [-0.25, -0.2) is 8.42 Å². The molecule has 1 fully saturated rings. The number of carbonyl (C=O) groups is 1. The van der Waals surface area contributed by atoms with Crippen molar-refractivity contribution in [3.8, 4) is 0 Å². The van der Waals surface area contributed by atoms with Crippen LogP contribution in [0.4, 0.5) is 0 Å². The molecule has 7 heteroatoms. The van der Waals surface area contributed by atoms with Crippen molar-refractivity contribution in [2.75, 3.05) is 33.2 Å². The first kappa shape index (κ1) is 19.1. The van der Waals surface area contributed by atoms with E-state index in [1.165, 1.54) is 15.9 Å². The van der Waals surface area contributed by atoms with Crippen molar-refractivity contribution >= 4 is 15.9 Å². The summed E-state index contributed by atoms with van der Waals surface area (Å²) < 4.78 is 27.4. The number of aryl methyl sites for hydroxylation is 1. The van der Waals surface area contributed by atoms with Gasteiger partial charge in [0, 0.05) is 31.7 Å². The molecule has 4 rings (SSSR count). The van der Waals surface area contributed by atoms with Gasteiger partial charge in [-0.2, -0.15) is 4.31 Å². The third kappa shape index (κ3) is 3.70. The van der Waals surface area contributed by atoms with E-state index in [4.69, 9.17) is 0 Å². The number of hydrogen-bond acceptors (Lipinski definition) is 4. The van der Waals surface area contributed by atoms with Crippen LogP contribution in [0.2, 0.25) is 0 Å². The number of benzene rings is 2. The van der Waals surface area contributed by atoms with Gasteiger partial charge in [0.15, 0.2) is 0 Å². The lowest BCUT2D eigenvalue weighted by Crippen LogP contribution is -2.47. The molecule has 1 aliphatic carbocycles. The van der Waals surface area contributed by atoms with Crippen molar-refractivity contribution in [2.24, 2.45) is 0 Å². The van der Waals surface area contributed by atoms with E-state index in [1.54, 1.807) is 18.2 Å². The Morgan fingerprint density at radius 3 is 2.57 bits per heavy atom. The zero-order valence-electron chi connectivity index (χ0n) is 16.0. The number of carbonyl (C=O) groups excluding carboxylic acids is 1. The normalized spacial score (nSPS) is 20.7. The molecule has 148 valence electrons. The highest BCUT2D eigenvalue weighted by atomic mass is 32.2. The molecule has 1 atom stereocenters. The maximum Gasteiger partial charge on any atom is 0.251 e. The van der Waals surface area contributed by atoms with Gasteiger partial charge in [-0.3, -0.25) is 4.79 Å².